The molecule has 2 aromatic rings. The largest absolute Gasteiger partial charge is 0.389 e. The summed E-state index contributed by atoms with van der Waals surface area (Å²) in [5, 5.41) is 3.31. The highest BCUT2D eigenvalue weighted by Crippen LogP contribution is 2.30. The molecule has 20 heavy (non-hydrogen) atoms. The smallest absolute Gasteiger partial charge is 0.255 e. The van der Waals surface area contributed by atoms with E-state index in [9.17, 15) is 4.79 Å². The quantitative estimate of drug-likeness (QED) is 0.804. The van der Waals surface area contributed by atoms with Crippen LogP contribution < -0.4 is 11.1 Å². The molecule has 0 saturated heterocycles. The van der Waals surface area contributed by atoms with Gasteiger partial charge in [-0.2, -0.15) is 0 Å². The molecular formula is C14H10BrClN2OS. The van der Waals surface area contributed by atoms with Crippen molar-refractivity contribution in [3.63, 3.8) is 0 Å². The molecule has 0 saturated carbocycles. The number of hydrogen-bond acceptors (Lipinski definition) is 2. The summed E-state index contributed by atoms with van der Waals surface area (Å²) in [6.07, 6.45) is 0. The number of benzene rings is 2. The van der Waals surface area contributed by atoms with Gasteiger partial charge in [-0.1, -0.05) is 42.0 Å². The molecule has 3 nitrogen and oxygen atoms in total. The Balaban J connectivity index is 2.26. The molecule has 0 aliphatic rings. The van der Waals surface area contributed by atoms with Crippen LogP contribution in [0.15, 0.2) is 46.9 Å². The minimum atomic E-state index is -0.258. The summed E-state index contributed by atoms with van der Waals surface area (Å²) in [5.74, 6) is -0.258. The number of carbonyl (C=O) groups excluding carboxylic acids is 1. The average Bonchev–Trinajstić information content (AvgIpc) is 2.44. The number of amides is 1. The van der Waals surface area contributed by atoms with Crippen molar-refractivity contribution < 1.29 is 4.79 Å². The summed E-state index contributed by atoms with van der Waals surface area (Å²) in [4.78, 5) is 12.4. The molecule has 0 unspecified atom stereocenters. The van der Waals surface area contributed by atoms with E-state index in [0.717, 1.165) is 0 Å². The summed E-state index contributed by atoms with van der Waals surface area (Å²) in [6.45, 7) is 0. The van der Waals surface area contributed by atoms with E-state index in [1.54, 1.807) is 42.5 Å². The predicted octanol–water partition coefficient (Wildman–Crippen LogP) is 3.99. The first kappa shape index (κ1) is 15.0. The highest BCUT2D eigenvalue weighted by molar-refractivity contribution is 9.10. The lowest BCUT2D eigenvalue weighted by Gasteiger charge is -2.09. The lowest BCUT2D eigenvalue weighted by Crippen LogP contribution is -2.15. The standard InChI is InChI=1S/C14H10BrClN2OS/c15-12-10(16)5-2-6-11(12)18-14(19)9-4-1-3-8(7-9)13(17)20/h1-7H,(H2,17,20)(H,18,19). The van der Waals surface area contributed by atoms with Crippen molar-refractivity contribution in [2.45, 2.75) is 0 Å². The molecule has 2 rings (SSSR count). The van der Waals surface area contributed by atoms with Crippen LogP contribution in [0.25, 0.3) is 0 Å². The third-order valence-electron chi connectivity index (χ3n) is 2.61. The zero-order valence-corrected chi connectivity index (χ0v) is 13.3. The van der Waals surface area contributed by atoms with Crippen LogP contribution in [-0.2, 0) is 0 Å². The maximum Gasteiger partial charge on any atom is 0.255 e. The molecule has 0 aliphatic carbocycles. The molecule has 0 aromatic heterocycles. The zero-order chi connectivity index (χ0) is 14.7. The Morgan fingerprint density at radius 1 is 1.20 bits per heavy atom. The lowest BCUT2D eigenvalue weighted by molar-refractivity contribution is 0.102. The monoisotopic (exact) mass is 368 g/mol. The fourth-order valence-electron chi connectivity index (χ4n) is 1.61. The Bertz CT molecular complexity index is 691. The minimum Gasteiger partial charge on any atom is -0.389 e. The second kappa shape index (κ2) is 6.35. The topological polar surface area (TPSA) is 55.1 Å². The van der Waals surface area contributed by atoms with Crippen molar-refractivity contribution in [1.82, 2.24) is 0 Å². The van der Waals surface area contributed by atoms with Crippen LogP contribution in [0, 0.1) is 0 Å². The first-order valence-corrected chi connectivity index (χ1v) is 7.22. The van der Waals surface area contributed by atoms with Gasteiger partial charge in [0.05, 0.1) is 15.2 Å². The normalized spacial score (nSPS) is 10.1. The van der Waals surface area contributed by atoms with Crippen LogP contribution in [-0.4, -0.2) is 10.9 Å². The summed E-state index contributed by atoms with van der Waals surface area (Å²) in [5.41, 5.74) is 7.28. The predicted molar refractivity (Wildman–Crippen MR) is 89.4 cm³/mol. The minimum absolute atomic E-state index is 0.253. The number of anilines is 1. The van der Waals surface area contributed by atoms with Crippen molar-refractivity contribution in [3.05, 3.63) is 63.1 Å². The highest BCUT2D eigenvalue weighted by atomic mass is 79.9. The average molecular weight is 370 g/mol. The van der Waals surface area contributed by atoms with Gasteiger partial charge in [-0.15, -0.1) is 0 Å². The van der Waals surface area contributed by atoms with Crippen molar-refractivity contribution in [2.24, 2.45) is 5.73 Å². The van der Waals surface area contributed by atoms with E-state index in [1.165, 1.54) is 0 Å². The SMILES string of the molecule is NC(=S)c1cccc(C(=O)Nc2cccc(Cl)c2Br)c1. The summed E-state index contributed by atoms with van der Waals surface area (Å²) in [7, 11) is 0. The second-order valence-electron chi connectivity index (χ2n) is 4.00. The molecule has 0 fully saturated rings. The number of nitrogens with one attached hydrogen (secondary N) is 1. The van der Waals surface area contributed by atoms with Gasteiger partial charge in [0, 0.05) is 11.1 Å². The summed E-state index contributed by atoms with van der Waals surface area (Å²) in [6, 6.07) is 12.1. The van der Waals surface area contributed by atoms with Gasteiger partial charge < -0.3 is 11.1 Å². The molecule has 0 radical (unpaired) electrons. The molecule has 102 valence electrons. The third-order valence-corrected chi connectivity index (χ3v) is 4.24. The maximum atomic E-state index is 12.2. The van der Waals surface area contributed by atoms with Crippen molar-refractivity contribution in [2.75, 3.05) is 5.32 Å². The number of carbonyl (C=O) groups is 1. The summed E-state index contributed by atoms with van der Waals surface area (Å²) < 4.78 is 0.639. The van der Waals surface area contributed by atoms with Crippen LogP contribution in [0.1, 0.15) is 15.9 Å². The van der Waals surface area contributed by atoms with E-state index in [0.29, 0.717) is 26.3 Å². The number of thiocarbonyl (C=S) groups is 1. The summed E-state index contributed by atoms with van der Waals surface area (Å²) >= 11 is 14.2. The number of halogens is 2. The molecule has 2 aromatic carbocycles. The number of hydrogen-bond donors (Lipinski definition) is 2. The molecule has 0 bridgehead atoms. The first-order valence-electron chi connectivity index (χ1n) is 5.64. The van der Waals surface area contributed by atoms with Crippen LogP contribution in [0.5, 0.6) is 0 Å². The van der Waals surface area contributed by atoms with Gasteiger partial charge in [0.25, 0.3) is 5.91 Å². The fourth-order valence-corrected chi connectivity index (χ4v) is 2.27. The van der Waals surface area contributed by atoms with E-state index in [2.05, 4.69) is 21.2 Å². The Morgan fingerprint density at radius 3 is 2.55 bits per heavy atom. The van der Waals surface area contributed by atoms with E-state index in [-0.39, 0.29) is 10.9 Å². The first-order chi connectivity index (χ1) is 9.49. The molecule has 6 heteroatoms. The van der Waals surface area contributed by atoms with Crippen molar-refractivity contribution in [1.29, 1.82) is 0 Å². The molecular weight excluding hydrogens is 360 g/mol. The van der Waals surface area contributed by atoms with Gasteiger partial charge in [-0.25, -0.2) is 0 Å². The van der Waals surface area contributed by atoms with Gasteiger partial charge in [0.1, 0.15) is 4.99 Å². The number of nitrogens with two attached hydrogens (primary N) is 1. The molecule has 3 N–H and O–H groups in total. The lowest BCUT2D eigenvalue weighted by atomic mass is 10.1. The van der Waals surface area contributed by atoms with Gasteiger partial charge in [0.2, 0.25) is 0 Å². The Labute approximate surface area is 135 Å². The van der Waals surface area contributed by atoms with Crippen molar-refractivity contribution in [3.8, 4) is 0 Å². The molecule has 0 aliphatic heterocycles. The Morgan fingerprint density at radius 2 is 1.85 bits per heavy atom. The van der Waals surface area contributed by atoms with Crippen LogP contribution >= 0.6 is 39.7 Å². The molecule has 1 amide bonds. The van der Waals surface area contributed by atoms with Gasteiger partial charge in [-0.05, 0) is 40.2 Å². The maximum absolute atomic E-state index is 12.2. The van der Waals surface area contributed by atoms with Gasteiger partial charge in [0.15, 0.2) is 0 Å². The van der Waals surface area contributed by atoms with E-state index < -0.39 is 0 Å². The van der Waals surface area contributed by atoms with Gasteiger partial charge >= 0.3 is 0 Å². The van der Waals surface area contributed by atoms with Crippen molar-refractivity contribution >= 4 is 56.3 Å². The Kier molecular flexibility index (Phi) is 4.75. The van der Waals surface area contributed by atoms with Gasteiger partial charge in [-0.3, -0.25) is 4.79 Å². The molecule has 0 atom stereocenters. The zero-order valence-electron chi connectivity index (χ0n) is 10.2. The van der Waals surface area contributed by atoms with Crippen LogP contribution in [0.3, 0.4) is 0 Å². The third kappa shape index (κ3) is 3.36. The second-order valence-corrected chi connectivity index (χ2v) is 5.64. The molecule has 0 heterocycles. The van der Waals surface area contributed by atoms with Crippen LogP contribution in [0.4, 0.5) is 5.69 Å². The van der Waals surface area contributed by atoms with E-state index >= 15 is 0 Å². The Hall–Kier alpha value is -1.43. The number of rotatable bonds is 3. The van der Waals surface area contributed by atoms with Crippen LogP contribution in [0.2, 0.25) is 5.02 Å². The fraction of sp³-hybridized carbons (Fsp3) is 0. The highest BCUT2D eigenvalue weighted by Gasteiger charge is 2.10. The molecule has 0 spiro atoms. The van der Waals surface area contributed by atoms with E-state index in [1.807, 2.05) is 0 Å². The van der Waals surface area contributed by atoms with E-state index in [4.69, 9.17) is 29.6 Å².